The predicted molar refractivity (Wildman–Crippen MR) is 159 cm³/mol. The Morgan fingerprint density at radius 2 is 1.88 bits per heavy atom. The van der Waals surface area contributed by atoms with Crippen LogP contribution in [0, 0.1) is 0 Å². The highest BCUT2D eigenvalue weighted by Crippen LogP contribution is 2.33. The first-order valence-corrected chi connectivity index (χ1v) is 14.7. The van der Waals surface area contributed by atoms with Gasteiger partial charge in [0.2, 0.25) is 0 Å². The smallest absolute Gasteiger partial charge is 0.338 e. The SMILES string of the molecule is CCOC(=O)C1=C(C)N=c2s/c(=C/c3cccc(OCc4cccc5ccccc45)c3)c(=O)n2[C@H]1c1cccs1. The highest BCUT2D eigenvalue weighted by molar-refractivity contribution is 7.10. The summed E-state index contributed by atoms with van der Waals surface area (Å²) in [5.41, 5.74) is 2.71. The highest BCUT2D eigenvalue weighted by Gasteiger charge is 2.33. The molecular formula is C32H26N2O4S2. The molecular weight excluding hydrogens is 540 g/mol. The Bertz CT molecular complexity index is 1930. The standard InChI is InChI=1S/C32H26N2O4S2/c1-3-37-31(36)28-20(2)33-32-34(29(28)26-15-8-16-39-26)30(35)27(40-32)18-21-9-6-13-24(17-21)38-19-23-12-7-11-22-10-4-5-14-25(22)23/h4-18,29H,3,19H2,1-2H3/b27-18+/t29-/m0/s1. The number of benzene rings is 3. The number of aromatic nitrogens is 1. The third kappa shape index (κ3) is 4.92. The van der Waals surface area contributed by atoms with E-state index in [1.165, 1.54) is 33.4 Å². The Kier molecular flexibility index (Phi) is 7.19. The van der Waals surface area contributed by atoms with Crippen LogP contribution in [0.3, 0.4) is 0 Å². The average molecular weight is 567 g/mol. The average Bonchev–Trinajstić information content (AvgIpc) is 3.60. The molecule has 0 N–H and O–H groups in total. The summed E-state index contributed by atoms with van der Waals surface area (Å²) >= 11 is 2.81. The normalized spacial score (nSPS) is 15.2. The van der Waals surface area contributed by atoms with Crippen LogP contribution in [-0.2, 0) is 16.1 Å². The maximum absolute atomic E-state index is 13.8. The monoisotopic (exact) mass is 566 g/mol. The zero-order valence-electron chi connectivity index (χ0n) is 22.0. The molecule has 3 aromatic carbocycles. The zero-order valence-corrected chi connectivity index (χ0v) is 23.6. The van der Waals surface area contributed by atoms with E-state index in [0.29, 0.717) is 33.0 Å². The van der Waals surface area contributed by atoms with Crippen molar-refractivity contribution in [3.05, 3.63) is 131 Å². The van der Waals surface area contributed by atoms with E-state index >= 15 is 0 Å². The van der Waals surface area contributed by atoms with Crippen LogP contribution >= 0.6 is 22.7 Å². The molecule has 0 amide bonds. The van der Waals surface area contributed by atoms with Crippen molar-refractivity contribution in [1.29, 1.82) is 0 Å². The Morgan fingerprint density at radius 3 is 2.70 bits per heavy atom. The van der Waals surface area contributed by atoms with Gasteiger partial charge in [-0.2, -0.15) is 0 Å². The molecule has 1 atom stereocenters. The lowest BCUT2D eigenvalue weighted by Gasteiger charge is -2.23. The fourth-order valence-corrected chi connectivity index (χ4v) is 6.80. The number of carbonyl (C=O) groups excluding carboxylic acids is 1. The van der Waals surface area contributed by atoms with E-state index < -0.39 is 12.0 Å². The number of esters is 1. The van der Waals surface area contributed by atoms with Crippen molar-refractivity contribution in [3.8, 4) is 5.75 Å². The molecule has 5 aromatic rings. The quantitative estimate of drug-likeness (QED) is 0.241. The molecule has 0 unspecified atom stereocenters. The summed E-state index contributed by atoms with van der Waals surface area (Å²) in [6, 6.07) is 25.4. The van der Waals surface area contributed by atoms with Crippen molar-refractivity contribution in [3.63, 3.8) is 0 Å². The molecule has 3 heterocycles. The summed E-state index contributed by atoms with van der Waals surface area (Å²) in [5.74, 6) is 0.263. The van der Waals surface area contributed by atoms with Gasteiger partial charge in [-0.25, -0.2) is 9.79 Å². The molecule has 2 aromatic heterocycles. The van der Waals surface area contributed by atoms with Crippen molar-refractivity contribution in [2.24, 2.45) is 4.99 Å². The van der Waals surface area contributed by atoms with Crippen LogP contribution in [0.25, 0.3) is 16.8 Å². The first-order chi connectivity index (χ1) is 19.5. The molecule has 1 aliphatic heterocycles. The summed E-state index contributed by atoms with van der Waals surface area (Å²) in [6.07, 6.45) is 1.85. The summed E-state index contributed by atoms with van der Waals surface area (Å²) in [7, 11) is 0. The number of nitrogens with zero attached hydrogens (tertiary/aromatic N) is 2. The van der Waals surface area contributed by atoms with Crippen LogP contribution in [0.5, 0.6) is 5.75 Å². The number of allylic oxidation sites excluding steroid dienone is 1. The van der Waals surface area contributed by atoms with Gasteiger partial charge >= 0.3 is 5.97 Å². The predicted octanol–water partition coefficient (Wildman–Crippen LogP) is 5.59. The second kappa shape index (κ2) is 11.1. The molecule has 0 fully saturated rings. The summed E-state index contributed by atoms with van der Waals surface area (Å²) < 4.78 is 13.6. The Hall–Kier alpha value is -4.27. The summed E-state index contributed by atoms with van der Waals surface area (Å²) in [6.45, 7) is 4.24. The lowest BCUT2D eigenvalue weighted by molar-refractivity contribution is -0.139. The lowest BCUT2D eigenvalue weighted by Crippen LogP contribution is -2.39. The van der Waals surface area contributed by atoms with Crippen molar-refractivity contribution in [2.75, 3.05) is 6.61 Å². The molecule has 0 saturated carbocycles. The van der Waals surface area contributed by atoms with Crippen LogP contribution in [0.15, 0.2) is 105 Å². The Labute approximate surface area is 238 Å². The number of carbonyl (C=O) groups is 1. The van der Waals surface area contributed by atoms with E-state index in [9.17, 15) is 9.59 Å². The fraction of sp³-hybridized carbons (Fsp3) is 0.156. The van der Waals surface area contributed by atoms with Gasteiger partial charge in [0.25, 0.3) is 5.56 Å². The van der Waals surface area contributed by atoms with Gasteiger partial charge in [-0.05, 0) is 65.4 Å². The number of rotatable bonds is 7. The van der Waals surface area contributed by atoms with Crippen molar-refractivity contribution >= 4 is 45.5 Å². The Morgan fingerprint density at radius 1 is 1.05 bits per heavy atom. The largest absolute Gasteiger partial charge is 0.489 e. The van der Waals surface area contributed by atoms with E-state index in [1.54, 1.807) is 18.4 Å². The van der Waals surface area contributed by atoms with Gasteiger partial charge in [0.1, 0.15) is 18.4 Å². The molecule has 6 rings (SSSR count). The number of thiazole rings is 1. The number of fused-ring (bicyclic) bond motifs is 2. The minimum atomic E-state index is -0.576. The van der Waals surface area contributed by atoms with Crippen molar-refractivity contribution in [1.82, 2.24) is 4.57 Å². The molecule has 200 valence electrons. The first-order valence-electron chi connectivity index (χ1n) is 13.0. The van der Waals surface area contributed by atoms with Gasteiger partial charge in [-0.3, -0.25) is 9.36 Å². The van der Waals surface area contributed by atoms with E-state index in [0.717, 1.165) is 16.0 Å². The maximum atomic E-state index is 13.8. The van der Waals surface area contributed by atoms with Gasteiger partial charge in [-0.15, -0.1) is 11.3 Å². The van der Waals surface area contributed by atoms with Crippen LogP contribution in [0.4, 0.5) is 0 Å². The zero-order chi connectivity index (χ0) is 27.6. The van der Waals surface area contributed by atoms with E-state index in [1.807, 2.05) is 66.1 Å². The molecule has 1 aliphatic rings. The maximum Gasteiger partial charge on any atom is 0.338 e. The molecule has 0 bridgehead atoms. The number of hydrogen-bond donors (Lipinski definition) is 0. The van der Waals surface area contributed by atoms with Gasteiger partial charge < -0.3 is 9.47 Å². The van der Waals surface area contributed by atoms with Crippen LogP contribution in [0.1, 0.15) is 35.9 Å². The minimum absolute atomic E-state index is 0.196. The van der Waals surface area contributed by atoms with E-state index in [2.05, 4.69) is 29.3 Å². The van der Waals surface area contributed by atoms with Crippen molar-refractivity contribution < 1.29 is 14.3 Å². The van der Waals surface area contributed by atoms with Crippen LogP contribution in [0.2, 0.25) is 0 Å². The van der Waals surface area contributed by atoms with Gasteiger partial charge in [0.15, 0.2) is 4.80 Å². The molecule has 8 heteroatoms. The van der Waals surface area contributed by atoms with Gasteiger partial charge in [-0.1, -0.05) is 72.0 Å². The number of thiophene rings is 1. The third-order valence-electron chi connectivity index (χ3n) is 6.76. The van der Waals surface area contributed by atoms with E-state index in [4.69, 9.17) is 9.47 Å². The van der Waals surface area contributed by atoms with Crippen LogP contribution in [-0.4, -0.2) is 17.1 Å². The number of ether oxygens (including phenoxy) is 2. The number of hydrogen-bond acceptors (Lipinski definition) is 7. The lowest BCUT2D eigenvalue weighted by atomic mass is 10.0. The van der Waals surface area contributed by atoms with Crippen molar-refractivity contribution in [2.45, 2.75) is 26.5 Å². The highest BCUT2D eigenvalue weighted by atomic mass is 32.1. The minimum Gasteiger partial charge on any atom is -0.489 e. The Balaban J connectivity index is 1.35. The summed E-state index contributed by atoms with van der Waals surface area (Å²) in [4.78, 5) is 32.8. The molecule has 0 radical (unpaired) electrons. The van der Waals surface area contributed by atoms with E-state index in [-0.39, 0.29) is 12.2 Å². The van der Waals surface area contributed by atoms with Gasteiger partial charge in [0, 0.05) is 4.88 Å². The molecule has 6 nitrogen and oxygen atoms in total. The molecule has 40 heavy (non-hydrogen) atoms. The summed E-state index contributed by atoms with van der Waals surface area (Å²) in [5, 5.41) is 4.28. The van der Waals surface area contributed by atoms with Gasteiger partial charge in [0.05, 0.1) is 22.4 Å². The molecule has 0 saturated heterocycles. The second-order valence-corrected chi connectivity index (χ2v) is 11.3. The fourth-order valence-electron chi connectivity index (χ4n) is 4.93. The first kappa shape index (κ1) is 26.0. The molecule has 0 aliphatic carbocycles. The third-order valence-corrected chi connectivity index (χ3v) is 8.67. The van der Waals surface area contributed by atoms with Crippen LogP contribution < -0.4 is 19.6 Å². The molecule has 0 spiro atoms. The second-order valence-electron chi connectivity index (χ2n) is 9.32. The topological polar surface area (TPSA) is 69.9 Å².